The molecule has 1 saturated heterocycles. The first-order chi connectivity index (χ1) is 9.91. The molecule has 4 N–H and O–H groups in total. The number of hydrogen-bond donors (Lipinski definition) is 4. The lowest BCUT2D eigenvalue weighted by atomic mass is 9.99. The second-order valence-electron chi connectivity index (χ2n) is 4.92. The Hall–Kier alpha value is -1.51. The molecule has 7 heteroatoms. The number of rotatable bonds is 4. The van der Waals surface area contributed by atoms with Crippen molar-refractivity contribution < 1.29 is 34.7 Å². The molecule has 0 bridgehead atoms. The molecule has 0 saturated carbocycles. The zero-order valence-corrected chi connectivity index (χ0v) is 11.4. The lowest BCUT2D eigenvalue weighted by Gasteiger charge is -2.39. The summed E-state index contributed by atoms with van der Waals surface area (Å²) in [6.45, 7) is 1.71. The quantitative estimate of drug-likeness (QED) is 0.600. The Bertz CT molecular complexity index is 477. The molecule has 0 aromatic heterocycles. The lowest BCUT2D eigenvalue weighted by molar-refractivity contribution is -0.304. The van der Waals surface area contributed by atoms with Gasteiger partial charge in [-0.3, -0.25) is 0 Å². The van der Waals surface area contributed by atoms with Crippen LogP contribution in [0.15, 0.2) is 30.3 Å². The predicted octanol–water partition coefficient (Wildman–Crippen LogP) is -0.344. The van der Waals surface area contributed by atoms with Crippen LogP contribution in [-0.2, 0) is 14.3 Å². The van der Waals surface area contributed by atoms with E-state index < -0.39 is 42.8 Å². The Balaban J connectivity index is 2.09. The van der Waals surface area contributed by atoms with Gasteiger partial charge in [0.2, 0.25) is 0 Å². The topological polar surface area (TPSA) is 116 Å². The number of ether oxygens (including phenoxy) is 2. The number of carboxylic acids is 1. The Morgan fingerprint density at radius 1 is 1.14 bits per heavy atom. The molecule has 1 aliphatic heterocycles. The van der Waals surface area contributed by atoms with Crippen LogP contribution in [0.5, 0.6) is 0 Å². The second kappa shape index (κ2) is 6.50. The van der Waals surface area contributed by atoms with Crippen molar-refractivity contribution in [2.75, 3.05) is 0 Å². The van der Waals surface area contributed by atoms with Gasteiger partial charge in [0.25, 0.3) is 0 Å². The summed E-state index contributed by atoms with van der Waals surface area (Å²) in [5, 5.41) is 38.1. The molecule has 1 fully saturated rings. The van der Waals surface area contributed by atoms with Crippen molar-refractivity contribution in [2.24, 2.45) is 0 Å². The Labute approximate surface area is 121 Å². The minimum atomic E-state index is -1.72. The fourth-order valence-electron chi connectivity index (χ4n) is 2.17. The van der Waals surface area contributed by atoms with Crippen molar-refractivity contribution in [1.29, 1.82) is 0 Å². The number of aliphatic hydroxyl groups excluding tert-OH is 3. The summed E-state index contributed by atoms with van der Waals surface area (Å²) < 4.78 is 10.5. The fraction of sp³-hybridized carbons (Fsp3) is 0.500. The van der Waals surface area contributed by atoms with E-state index >= 15 is 0 Å². The number of carboxylic acid groups (broad SMARTS) is 1. The van der Waals surface area contributed by atoms with E-state index in [1.807, 2.05) is 18.2 Å². The smallest absolute Gasteiger partial charge is 0.335 e. The Morgan fingerprint density at radius 2 is 1.76 bits per heavy atom. The van der Waals surface area contributed by atoms with Crippen LogP contribution in [0.2, 0.25) is 0 Å². The van der Waals surface area contributed by atoms with E-state index in [1.54, 1.807) is 19.1 Å². The molecule has 1 aromatic rings. The van der Waals surface area contributed by atoms with Crippen LogP contribution in [-0.4, -0.2) is 57.1 Å². The summed E-state index contributed by atoms with van der Waals surface area (Å²) in [5.74, 6) is -1.44. The van der Waals surface area contributed by atoms with Gasteiger partial charge in [-0.1, -0.05) is 30.3 Å². The molecular formula is C14H18O7. The second-order valence-corrected chi connectivity index (χ2v) is 4.92. The van der Waals surface area contributed by atoms with Gasteiger partial charge in [0.15, 0.2) is 12.4 Å². The minimum absolute atomic E-state index is 0.484. The largest absolute Gasteiger partial charge is 0.479 e. The molecule has 0 spiro atoms. The maximum Gasteiger partial charge on any atom is 0.335 e. The molecule has 0 aliphatic carbocycles. The van der Waals surface area contributed by atoms with Crippen LogP contribution >= 0.6 is 0 Å². The number of carbonyl (C=O) groups is 1. The highest BCUT2D eigenvalue weighted by Crippen LogP contribution is 2.27. The van der Waals surface area contributed by atoms with Crippen molar-refractivity contribution in [2.45, 2.75) is 43.7 Å². The van der Waals surface area contributed by atoms with Crippen molar-refractivity contribution in [1.82, 2.24) is 0 Å². The van der Waals surface area contributed by atoms with Crippen molar-refractivity contribution in [3.05, 3.63) is 35.9 Å². The van der Waals surface area contributed by atoms with Crippen LogP contribution in [0.25, 0.3) is 0 Å². The van der Waals surface area contributed by atoms with Crippen molar-refractivity contribution in [3.8, 4) is 0 Å². The molecule has 1 aliphatic rings. The zero-order valence-electron chi connectivity index (χ0n) is 11.4. The molecule has 1 heterocycles. The minimum Gasteiger partial charge on any atom is -0.479 e. The van der Waals surface area contributed by atoms with E-state index in [4.69, 9.17) is 14.6 Å². The average molecular weight is 298 g/mol. The van der Waals surface area contributed by atoms with Gasteiger partial charge in [0.1, 0.15) is 18.3 Å². The van der Waals surface area contributed by atoms with E-state index in [-0.39, 0.29) is 0 Å². The molecule has 6 atom stereocenters. The summed E-state index contributed by atoms with van der Waals surface area (Å²) in [6.07, 6.45) is -8.40. The van der Waals surface area contributed by atoms with Gasteiger partial charge in [-0.15, -0.1) is 0 Å². The van der Waals surface area contributed by atoms with Crippen LogP contribution in [0.4, 0.5) is 0 Å². The van der Waals surface area contributed by atoms with Gasteiger partial charge in [-0.2, -0.15) is 0 Å². The summed E-state index contributed by atoms with van der Waals surface area (Å²) in [7, 11) is 0. The predicted molar refractivity (Wildman–Crippen MR) is 70.3 cm³/mol. The van der Waals surface area contributed by atoms with Crippen LogP contribution in [0, 0.1) is 0 Å². The molecule has 0 amide bonds. The lowest BCUT2D eigenvalue weighted by Crippen LogP contribution is -2.60. The van der Waals surface area contributed by atoms with E-state index in [1.165, 1.54) is 0 Å². The summed E-state index contributed by atoms with van der Waals surface area (Å²) in [5.41, 5.74) is 0.806. The highest BCUT2D eigenvalue weighted by molar-refractivity contribution is 5.73. The van der Waals surface area contributed by atoms with Crippen LogP contribution < -0.4 is 0 Å². The van der Waals surface area contributed by atoms with Crippen LogP contribution in [0.3, 0.4) is 0 Å². The normalized spacial score (nSPS) is 34.4. The maximum absolute atomic E-state index is 11.0. The Morgan fingerprint density at radius 3 is 2.33 bits per heavy atom. The maximum atomic E-state index is 11.0. The van der Waals surface area contributed by atoms with Gasteiger partial charge >= 0.3 is 5.97 Å². The number of aliphatic hydroxyl groups is 3. The first-order valence-corrected chi connectivity index (χ1v) is 6.54. The molecule has 2 rings (SSSR count). The van der Waals surface area contributed by atoms with E-state index in [2.05, 4.69) is 0 Å². The molecule has 0 radical (unpaired) electrons. The standard InChI is InChI=1S/C14H18O7/c1-7(8-5-3-2-4-6-8)20-14-11(17)9(15)10(16)12(21-14)13(18)19/h2-7,9-12,14-17H,1H3,(H,18,19)/t7-,9-,10-,11+,12-,14+/m0/s1. The van der Waals surface area contributed by atoms with Gasteiger partial charge in [-0.25, -0.2) is 4.79 Å². The first-order valence-electron chi connectivity index (χ1n) is 6.54. The number of hydrogen-bond acceptors (Lipinski definition) is 6. The highest BCUT2D eigenvalue weighted by Gasteiger charge is 2.47. The van der Waals surface area contributed by atoms with Gasteiger partial charge < -0.3 is 29.9 Å². The summed E-state index contributed by atoms with van der Waals surface area (Å²) >= 11 is 0. The molecule has 21 heavy (non-hydrogen) atoms. The van der Waals surface area contributed by atoms with Gasteiger partial charge in [0.05, 0.1) is 6.10 Å². The zero-order chi connectivity index (χ0) is 15.6. The summed E-state index contributed by atoms with van der Waals surface area (Å²) in [4.78, 5) is 11.0. The monoisotopic (exact) mass is 298 g/mol. The molecular weight excluding hydrogens is 280 g/mol. The summed E-state index contributed by atoms with van der Waals surface area (Å²) in [6, 6.07) is 9.07. The average Bonchev–Trinajstić information content (AvgIpc) is 2.48. The third kappa shape index (κ3) is 3.39. The third-order valence-electron chi connectivity index (χ3n) is 3.42. The molecule has 0 unspecified atom stereocenters. The molecule has 116 valence electrons. The molecule has 1 aromatic carbocycles. The van der Waals surface area contributed by atoms with Gasteiger partial charge in [0, 0.05) is 0 Å². The fourth-order valence-corrected chi connectivity index (χ4v) is 2.17. The van der Waals surface area contributed by atoms with E-state index in [9.17, 15) is 20.1 Å². The first kappa shape index (κ1) is 15.9. The SMILES string of the molecule is C[C@H](O[C@@H]1O[C@H](C(=O)O)[C@@H](O)[C@H](O)[C@H]1O)c1ccccc1. The number of aliphatic carboxylic acids is 1. The third-order valence-corrected chi connectivity index (χ3v) is 3.42. The van der Waals surface area contributed by atoms with Crippen LogP contribution in [0.1, 0.15) is 18.6 Å². The van der Waals surface area contributed by atoms with E-state index in [0.717, 1.165) is 5.56 Å². The Kier molecular flexibility index (Phi) is 4.92. The number of benzene rings is 1. The van der Waals surface area contributed by atoms with Gasteiger partial charge in [-0.05, 0) is 12.5 Å². The molecule has 7 nitrogen and oxygen atoms in total. The highest BCUT2D eigenvalue weighted by atomic mass is 16.7. The van der Waals surface area contributed by atoms with Crippen molar-refractivity contribution in [3.63, 3.8) is 0 Å². The van der Waals surface area contributed by atoms with Crippen molar-refractivity contribution >= 4 is 5.97 Å². The van der Waals surface area contributed by atoms with E-state index in [0.29, 0.717) is 0 Å².